The van der Waals surface area contributed by atoms with Crippen molar-refractivity contribution in [1.82, 2.24) is 34.7 Å². The first-order valence-electron chi connectivity index (χ1n) is 5.78. The smallest absolute Gasteiger partial charge is 0.295 e. The first kappa shape index (κ1) is 11.3. The van der Waals surface area contributed by atoms with E-state index in [9.17, 15) is 4.79 Å². The van der Waals surface area contributed by atoms with Gasteiger partial charge in [0.1, 0.15) is 6.33 Å². The molecule has 3 aromatic rings. The molecule has 96 valence electrons. The molecule has 0 aliphatic carbocycles. The number of rotatable bonds is 3. The van der Waals surface area contributed by atoms with Gasteiger partial charge in [0, 0.05) is 11.8 Å². The zero-order valence-electron chi connectivity index (χ0n) is 10.2. The van der Waals surface area contributed by atoms with Gasteiger partial charge in [-0.1, -0.05) is 12.1 Å². The molecule has 0 unspecified atom stereocenters. The lowest BCUT2D eigenvalue weighted by atomic mass is 10.3. The number of H-pyrrole nitrogens is 1. The SMILES string of the molecule is CCc1cc(-n2[nH]cc(-n3ccnn3)c2=O)ncn1. The van der Waals surface area contributed by atoms with E-state index in [1.165, 1.54) is 21.9 Å². The third kappa shape index (κ3) is 1.92. The van der Waals surface area contributed by atoms with E-state index in [2.05, 4.69) is 25.4 Å². The second-order valence-corrected chi connectivity index (χ2v) is 3.87. The van der Waals surface area contributed by atoms with E-state index in [0.717, 1.165) is 12.1 Å². The Bertz CT molecular complexity index is 741. The van der Waals surface area contributed by atoms with Gasteiger partial charge in [0.25, 0.3) is 5.56 Å². The number of hydrogen-bond acceptors (Lipinski definition) is 5. The molecule has 0 aliphatic rings. The van der Waals surface area contributed by atoms with E-state index >= 15 is 0 Å². The number of nitrogens with one attached hydrogen (secondary N) is 1. The Morgan fingerprint density at radius 3 is 3.00 bits per heavy atom. The Labute approximate surface area is 107 Å². The lowest BCUT2D eigenvalue weighted by Gasteiger charge is -2.01. The summed E-state index contributed by atoms with van der Waals surface area (Å²) in [6.07, 6.45) is 6.89. The van der Waals surface area contributed by atoms with Crippen molar-refractivity contribution >= 4 is 0 Å². The molecule has 0 aliphatic heterocycles. The maximum absolute atomic E-state index is 12.3. The maximum atomic E-state index is 12.3. The summed E-state index contributed by atoms with van der Waals surface area (Å²) in [4.78, 5) is 20.4. The van der Waals surface area contributed by atoms with Gasteiger partial charge in [-0.15, -0.1) is 5.10 Å². The molecule has 0 saturated carbocycles. The van der Waals surface area contributed by atoms with E-state index in [1.54, 1.807) is 18.5 Å². The molecule has 0 saturated heterocycles. The highest BCUT2D eigenvalue weighted by Crippen LogP contribution is 2.04. The average molecular weight is 257 g/mol. The Morgan fingerprint density at radius 1 is 1.37 bits per heavy atom. The fourth-order valence-corrected chi connectivity index (χ4v) is 1.73. The number of nitrogens with zero attached hydrogens (tertiary/aromatic N) is 6. The van der Waals surface area contributed by atoms with Crippen LogP contribution < -0.4 is 5.56 Å². The van der Waals surface area contributed by atoms with Crippen LogP contribution >= 0.6 is 0 Å². The molecule has 8 nitrogen and oxygen atoms in total. The minimum Gasteiger partial charge on any atom is -0.295 e. The predicted octanol–water partition coefficient (Wildman–Crippen LogP) is 0.0987. The third-order valence-corrected chi connectivity index (χ3v) is 2.72. The van der Waals surface area contributed by atoms with Crippen LogP contribution in [0.25, 0.3) is 11.5 Å². The van der Waals surface area contributed by atoms with Crippen molar-refractivity contribution in [2.75, 3.05) is 0 Å². The van der Waals surface area contributed by atoms with E-state index < -0.39 is 0 Å². The van der Waals surface area contributed by atoms with Crippen molar-refractivity contribution in [3.63, 3.8) is 0 Å². The van der Waals surface area contributed by atoms with Crippen molar-refractivity contribution in [2.45, 2.75) is 13.3 Å². The number of aromatic nitrogens is 7. The molecular weight excluding hydrogens is 246 g/mol. The van der Waals surface area contributed by atoms with E-state index in [0.29, 0.717) is 11.5 Å². The maximum Gasteiger partial charge on any atom is 0.298 e. The molecule has 8 heteroatoms. The summed E-state index contributed by atoms with van der Waals surface area (Å²) in [7, 11) is 0. The van der Waals surface area contributed by atoms with Crippen LogP contribution in [0.2, 0.25) is 0 Å². The molecule has 3 rings (SSSR count). The van der Waals surface area contributed by atoms with E-state index in [1.807, 2.05) is 6.92 Å². The van der Waals surface area contributed by atoms with Gasteiger partial charge in [0.2, 0.25) is 0 Å². The standard InChI is InChI=1S/C11H11N7O/c1-2-8-5-10(13-7-12-8)18-11(19)9(6-15-18)17-4-3-14-16-17/h3-7,15H,2H2,1H3. The highest BCUT2D eigenvalue weighted by molar-refractivity contribution is 5.30. The summed E-state index contributed by atoms with van der Waals surface area (Å²) in [6.45, 7) is 1.99. The monoisotopic (exact) mass is 257 g/mol. The predicted molar refractivity (Wildman–Crippen MR) is 66.3 cm³/mol. The topological polar surface area (TPSA) is 94.3 Å². The Morgan fingerprint density at radius 2 is 2.26 bits per heavy atom. The quantitative estimate of drug-likeness (QED) is 0.718. The zero-order chi connectivity index (χ0) is 13.2. The summed E-state index contributed by atoms with van der Waals surface area (Å²) in [6, 6.07) is 1.77. The fourth-order valence-electron chi connectivity index (χ4n) is 1.73. The molecule has 3 aromatic heterocycles. The van der Waals surface area contributed by atoms with Crippen LogP contribution in [0.1, 0.15) is 12.6 Å². The van der Waals surface area contributed by atoms with E-state index in [-0.39, 0.29) is 5.56 Å². The first-order valence-corrected chi connectivity index (χ1v) is 5.78. The minimum absolute atomic E-state index is 0.244. The number of aromatic amines is 1. The van der Waals surface area contributed by atoms with Crippen LogP contribution in [0.5, 0.6) is 0 Å². The molecule has 0 amide bonds. The zero-order valence-corrected chi connectivity index (χ0v) is 10.2. The molecule has 0 aromatic carbocycles. The van der Waals surface area contributed by atoms with Crippen LogP contribution in [-0.2, 0) is 6.42 Å². The van der Waals surface area contributed by atoms with Crippen molar-refractivity contribution in [3.8, 4) is 11.5 Å². The van der Waals surface area contributed by atoms with Crippen molar-refractivity contribution in [3.05, 3.63) is 47.0 Å². The van der Waals surface area contributed by atoms with Gasteiger partial charge in [-0.25, -0.2) is 14.6 Å². The van der Waals surface area contributed by atoms with Gasteiger partial charge in [-0.2, -0.15) is 4.68 Å². The van der Waals surface area contributed by atoms with Crippen LogP contribution in [0, 0.1) is 0 Å². The molecule has 19 heavy (non-hydrogen) atoms. The van der Waals surface area contributed by atoms with Crippen LogP contribution in [0.3, 0.4) is 0 Å². The molecule has 0 fully saturated rings. The Kier molecular flexibility index (Phi) is 2.67. The Balaban J connectivity index is 2.09. The minimum atomic E-state index is -0.244. The van der Waals surface area contributed by atoms with Gasteiger partial charge in [0.05, 0.1) is 18.6 Å². The van der Waals surface area contributed by atoms with Gasteiger partial charge < -0.3 is 0 Å². The Hall–Kier alpha value is -2.77. The van der Waals surface area contributed by atoms with Gasteiger partial charge >= 0.3 is 0 Å². The summed E-state index contributed by atoms with van der Waals surface area (Å²) < 4.78 is 2.75. The summed E-state index contributed by atoms with van der Waals surface area (Å²) in [5.74, 6) is 0.503. The normalized spacial score (nSPS) is 10.8. The van der Waals surface area contributed by atoms with Crippen molar-refractivity contribution < 1.29 is 0 Å². The van der Waals surface area contributed by atoms with E-state index in [4.69, 9.17) is 0 Å². The van der Waals surface area contributed by atoms with Gasteiger partial charge in [-0.3, -0.25) is 9.89 Å². The van der Waals surface area contributed by atoms with Crippen LogP contribution in [-0.4, -0.2) is 34.7 Å². The van der Waals surface area contributed by atoms with Gasteiger partial charge in [0.15, 0.2) is 11.5 Å². The van der Waals surface area contributed by atoms with Crippen molar-refractivity contribution in [1.29, 1.82) is 0 Å². The van der Waals surface area contributed by atoms with Crippen molar-refractivity contribution in [2.24, 2.45) is 0 Å². The molecule has 3 heterocycles. The third-order valence-electron chi connectivity index (χ3n) is 2.72. The molecular formula is C11H11N7O. The lowest BCUT2D eigenvalue weighted by Crippen LogP contribution is -2.19. The first-order chi connectivity index (χ1) is 9.29. The molecule has 1 N–H and O–H groups in total. The molecule has 0 radical (unpaired) electrons. The summed E-state index contributed by atoms with van der Waals surface area (Å²) in [5.41, 5.74) is 1.01. The molecule has 0 spiro atoms. The molecule has 0 atom stereocenters. The summed E-state index contributed by atoms with van der Waals surface area (Å²) in [5, 5.41) is 10.3. The second kappa shape index (κ2) is 4.48. The largest absolute Gasteiger partial charge is 0.298 e. The highest BCUT2D eigenvalue weighted by atomic mass is 16.1. The number of aryl methyl sites for hydroxylation is 1. The van der Waals surface area contributed by atoms with Gasteiger partial charge in [-0.05, 0) is 6.42 Å². The van der Waals surface area contributed by atoms with Crippen LogP contribution in [0.4, 0.5) is 0 Å². The molecule has 0 bridgehead atoms. The second-order valence-electron chi connectivity index (χ2n) is 3.87. The lowest BCUT2D eigenvalue weighted by molar-refractivity contribution is 0.781. The van der Waals surface area contributed by atoms with Crippen LogP contribution in [0.15, 0.2) is 35.8 Å². The summed E-state index contributed by atoms with van der Waals surface area (Å²) >= 11 is 0. The highest BCUT2D eigenvalue weighted by Gasteiger charge is 2.11. The average Bonchev–Trinajstić information content (AvgIpc) is 3.08. The fraction of sp³-hybridized carbons (Fsp3) is 0.182. The number of hydrogen-bond donors (Lipinski definition) is 1.